The van der Waals surface area contributed by atoms with Crippen LogP contribution in [0.15, 0.2) is 10.5 Å². The molecule has 1 saturated heterocycles. The Labute approximate surface area is 195 Å². The normalized spacial score (nSPS) is 18.7. The van der Waals surface area contributed by atoms with Crippen molar-refractivity contribution >= 4 is 56.2 Å². The van der Waals surface area contributed by atoms with Crippen molar-refractivity contribution in [2.24, 2.45) is 5.16 Å². The predicted octanol–water partition coefficient (Wildman–Crippen LogP) is -5.68. The number of nitrogens with two attached hydrogens (primary N) is 1. The SMILES string of the molecule is COC(=O)C1C(NC(=O)/C(=N\OCC(=O)O)c2csc(N)n2)C(=O)N1S(=O)(=O)O.[H-].[Na+]. The minimum absolute atomic E-state index is 0. The van der Waals surface area contributed by atoms with E-state index in [1.807, 2.05) is 5.32 Å². The van der Waals surface area contributed by atoms with Crippen LogP contribution >= 0.6 is 11.3 Å². The third-order valence-electron chi connectivity index (χ3n) is 3.35. The number of nitrogens with one attached hydrogen (secondary N) is 1. The maximum atomic E-state index is 12.5. The van der Waals surface area contributed by atoms with Crippen LogP contribution in [0.4, 0.5) is 5.13 Å². The van der Waals surface area contributed by atoms with Gasteiger partial charge in [0.2, 0.25) is 6.61 Å². The van der Waals surface area contributed by atoms with Crippen LogP contribution in [0.2, 0.25) is 0 Å². The molecule has 1 aromatic rings. The number of carboxylic acids is 1. The largest absolute Gasteiger partial charge is 1.00 e. The van der Waals surface area contributed by atoms with Gasteiger partial charge in [-0.05, 0) is 0 Å². The van der Waals surface area contributed by atoms with E-state index in [1.165, 1.54) is 5.38 Å². The molecule has 0 aromatic carbocycles. The van der Waals surface area contributed by atoms with Crippen molar-refractivity contribution in [3.8, 4) is 0 Å². The number of thiazole rings is 1. The van der Waals surface area contributed by atoms with E-state index < -0.39 is 58.5 Å². The molecule has 15 nitrogen and oxygen atoms in total. The molecule has 2 heterocycles. The van der Waals surface area contributed by atoms with E-state index in [1.54, 1.807) is 0 Å². The zero-order chi connectivity index (χ0) is 21.9. The first-order valence-electron chi connectivity index (χ1n) is 7.29. The van der Waals surface area contributed by atoms with Crippen molar-refractivity contribution in [2.45, 2.75) is 12.1 Å². The Bertz CT molecular complexity index is 1000. The number of carbonyl (C=O) groups is 4. The molecule has 0 aliphatic carbocycles. The molecule has 30 heavy (non-hydrogen) atoms. The second kappa shape index (κ2) is 10.1. The van der Waals surface area contributed by atoms with Gasteiger partial charge in [0.1, 0.15) is 11.7 Å². The molecule has 0 radical (unpaired) electrons. The Kier molecular flexibility index (Phi) is 8.69. The van der Waals surface area contributed by atoms with Gasteiger partial charge in [-0.3, -0.25) is 14.1 Å². The van der Waals surface area contributed by atoms with Gasteiger partial charge in [-0.25, -0.2) is 14.6 Å². The number of β-lactam (4-membered cyclic amide) rings is 1. The molecule has 0 spiro atoms. The van der Waals surface area contributed by atoms with E-state index in [4.69, 9.17) is 15.4 Å². The van der Waals surface area contributed by atoms with Crippen molar-refractivity contribution in [1.29, 1.82) is 0 Å². The smallest absolute Gasteiger partial charge is 1.00 e. The number of aromatic nitrogens is 1. The van der Waals surface area contributed by atoms with Crippen LogP contribution in [-0.2, 0) is 39.1 Å². The fraction of sp³-hybridized carbons (Fsp3) is 0.333. The van der Waals surface area contributed by atoms with Gasteiger partial charge in [-0.15, -0.1) is 11.3 Å². The summed E-state index contributed by atoms with van der Waals surface area (Å²) in [6.07, 6.45) is 0. The summed E-state index contributed by atoms with van der Waals surface area (Å²) in [5.41, 5.74) is 4.74. The van der Waals surface area contributed by atoms with Crippen molar-refractivity contribution in [1.82, 2.24) is 14.6 Å². The number of carboxylic acid groups (broad SMARTS) is 1. The van der Waals surface area contributed by atoms with E-state index in [2.05, 4.69) is 19.7 Å². The van der Waals surface area contributed by atoms with Crippen molar-refractivity contribution in [3.63, 3.8) is 0 Å². The third kappa shape index (κ3) is 5.64. The van der Waals surface area contributed by atoms with Crippen LogP contribution in [0.3, 0.4) is 0 Å². The average Bonchev–Trinajstić information content (AvgIpc) is 3.04. The molecule has 2 amide bonds. The molecule has 2 rings (SSSR count). The first kappa shape index (κ1) is 25.7. The number of oxime groups is 1. The summed E-state index contributed by atoms with van der Waals surface area (Å²) in [4.78, 5) is 55.1. The first-order valence-corrected chi connectivity index (χ1v) is 9.57. The van der Waals surface area contributed by atoms with Crippen LogP contribution < -0.4 is 40.6 Å². The standard InChI is InChI=1S/C12H13N5O10S2.Na.H/c1-26-11(22)8-7(10(21)17(8)29(23,24)25)15-9(20)6(16-27-2-5(18)19)4-3-28-12(13)14-4;;/h3,7-8H,2H2,1H3,(H2,13,14)(H,15,20)(H,18,19)(H,23,24,25);;/q;+1;-1/b16-6-;;. The number of esters is 1. The number of hydrogen-bond donors (Lipinski definition) is 4. The second-order valence-corrected chi connectivity index (χ2v) is 7.39. The maximum absolute atomic E-state index is 12.5. The van der Waals surface area contributed by atoms with Crippen molar-refractivity contribution < 1.29 is 77.8 Å². The Morgan fingerprint density at radius 3 is 2.57 bits per heavy atom. The topological polar surface area (TPSA) is 228 Å². The zero-order valence-electron chi connectivity index (χ0n) is 16.3. The molecule has 0 bridgehead atoms. The molecule has 5 N–H and O–H groups in total. The quantitative estimate of drug-likeness (QED) is 0.0688. The van der Waals surface area contributed by atoms with Gasteiger partial charge in [0.15, 0.2) is 16.9 Å². The summed E-state index contributed by atoms with van der Waals surface area (Å²) < 4.78 is 35.8. The number of hydrogen-bond acceptors (Lipinski definition) is 12. The van der Waals surface area contributed by atoms with Crippen LogP contribution in [0.25, 0.3) is 0 Å². The van der Waals surface area contributed by atoms with Crippen molar-refractivity contribution in [3.05, 3.63) is 11.1 Å². The van der Waals surface area contributed by atoms with Gasteiger partial charge >= 0.3 is 51.8 Å². The number of ether oxygens (including phenoxy) is 1. The number of rotatable bonds is 8. The van der Waals surface area contributed by atoms with Gasteiger partial charge in [0.05, 0.1) is 7.11 Å². The van der Waals surface area contributed by atoms with E-state index in [9.17, 15) is 27.6 Å². The van der Waals surface area contributed by atoms with Gasteiger partial charge in [0.25, 0.3) is 11.8 Å². The molecule has 1 aromatic heterocycles. The monoisotopic (exact) mass is 475 g/mol. The van der Waals surface area contributed by atoms with Crippen LogP contribution in [0.5, 0.6) is 0 Å². The van der Waals surface area contributed by atoms with Gasteiger partial charge in [-0.1, -0.05) is 5.16 Å². The van der Waals surface area contributed by atoms with Gasteiger partial charge in [0, 0.05) is 5.38 Å². The van der Waals surface area contributed by atoms with E-state index in [-0.39, 0.29) is 46.1 Å². The van der Waals surface area contributed by atoms with Crippen LogP contribution in [0, 0.1) is 0 Å². The van der Waals surface area contributed by atoms with E-state index in [0.29, 0.717) is 0 Å². The summed E-state index contributed by atoms with van der Waals surface area (Å²) in [5.74, 6) is -5.11. The molecule has 2 unspecified atom stereocenters. The Balaban J connectivity index is 0.00000450. The average molecular weight is 475 g/mol. The third-order valence-corrected chi connectivity index (χ3v) is 4.93. The maximum Gasteiger partial charge on any atom is 1.00 e. The summed E-state index contributed by atoms with van der Waals surface area (Å²) in [6.45, 7) is -0.903. The number of carbonyl (C=O) groups excluding carboxylic acids is 3. The Morgan fingerprint density at radius 2 is 2.10 bits per heavy atom. The molecule has 18 heteroatoms. The fourth-order valence-electron chi connectivity index (χ4n) is 2.18. The molecule has 1 aliphatic rings. The Morgan fingerprint density at radius 1 is 1.47 bits per heavy atom. The molecular weight excluding hydrogens is 461 g/mol. The molecule has 160 valence electrons. The molecular formula is C12H14N5NaO10S2. The van der Waals surface area contributed by atoms with E-state index in [0.717, 1.165) is 18.4 Å². The first-order chi connectivity index (χ1) is 13.5. The van der Waals surface area contributed by atoms with Gasteiger partial charge in [-0.2, -0.15) is 12.7 Å². The minimum atomic E-state index is -5.10. The minimum Gasteiger partial charge on any atom is -1.00 e. The summed E-state index contributed by atoms with van der Waals surface area (Å²) >= 11 is 0.914. The van der Waals surface area contributed by atoms with E-state index >= 15 is 0 Å². The zero-order valence-corrected chi connectivity index (χ0v) is 19.0. The summed E-state index contributed by atoms with van der Waals surface area (Å²) in [7, 11) is -4.20. The number of anilines is 1. The number of aliphatic carboxylic acids is 1. The summed E-state index contributed by atoms with van der Waals surface area (Å²) in [6, 6.07) is -3.59. The van der Waals surface area contributed by atoms with Gasteiger partial charge < -0.3 is 27.2 Å². The van der Waals surface area contributed by atoms with Crippen molar-refractivity contribution in [2.75, 3.05) is 19.5 Å². The van der Waals surface area contributed by atoms with Crippen LogP contribution in [0.1, 0.15) is 7.12 Å². The number of nitrogens with zero attached hydrogens (tertiary/aromatic N) is 3. The fourth-order valence-corrected chi connectivity index (χ4v) is 3.56. The summed E-state index contributed by atoms with van der Waals surface area (Å²) in [5, 5.41) is 15.3. The second-order valence-electron chi connectivity index (χ2n) is 5.21. The molecule has 0 saturated carbocycles. The number of amides is 2. The number of methoxy groups -OCH3 is 1. The molecule has 2 atom stereocenters. The Hall–Kier alpha value is -2.31. The number of nitrogen functional groups attached to an aromatic ring is 1. The predicted molar refractivity (Wildman–Crippen MR) is 93.9 cm³/mol. The molecule has 1 fully saturated rings. The van der Waals surface area contributed by atoms with Crippen LogP contribution in [-0.4, -0.2) is 82.6 Å². The molecule has 1 aliphatic heterocycles.